The fourth-order valence-corrected chi connectivity index (χ4v) is 3.54. The third-order valence-corrected chi connectivity index (χ3v) is 5.34. The van der Waals surface area contributed by atoms with Gasteiger partial charge in [-0.25, -0.2) is 0 Å². The number of methoxy groups -OCH3 is 1. The van der Waals surface area contributed by atoms with E-state index < -0.39 is 37.3 Å². The fraction of sp³-hybridized carbons (Fsp3) is 0.318. The van der Waals surface area contributed by atoms with Crippen LogP contribution >= 0.6 is 0 Å². The molecule has 170 valence electrons. The molecule has 0 saturated carbocycles. The summed E-state index contributed by atoms with van der Waals surface area (Å²) in [5.41, 5.74) is 0.535. The maximum Gasteiger partial charge on any atom is 0.229 e. The van der Waals surface area contributed by atoms with Crippen molar-refractivity contribution < 1.29 is 44.2 Å². The van der Waals surface area contributed by atoms with E-state index in [4.69, 9.17) is 18.6 Å². The number of aromatic hydroxyl groups is 1. The molecule has 1 saturated heterocycles. The Kier molecular flexibility index (Phi) is 6.04. The van der Waals surface area contributed by atoms with Crippen LogP contribution < -0.4 is 14.9 Å². The summed E-state index contributed by atoms with van der Waals surface area (Å²) < 4.78 is 21.5. The number of aliphatic hydroxyl groups is 4. The molecule has 2 heterocycles. The lowest BCUT2D eigenvalue weighted by molar-refractivity contribution is -0.277. The van der Waals surface area contributed by atoms with Gasteiger partial charge >= 0.3 is 0 Å². The van der Waals surface area contributed by atoms with Gasteiger partial charge in [0.25, 0.3) is 0 Å². The van der Waals surface area contributed by atoms with E-state index in [0.717, 1.165) is 0 Å². The first kappa shape index (κ1) is 22.1. The SMILES string of the molecule is COc1ccc(-c2coc3cc(O[C@@H]4OC(CO)[C@@H](O)[C@H](O)C4O)ccc3c2=O)cc1O. The average molecular weight is 446 g/mol. The van der Waals surface area contributed by atoms with E-state index in [-0.39, 0.29) is 39.2 Å². The van der Waals surface area contributed by atoms with Gasteiger partial charge in [-0.2, -0.15) is 0 Å². The number of rotatable bonds is 5. The van der Waals surface area contributed by atoms with Crippen molar-refractivity contribution in [1.29, 1.82) is 0 Å². The first-order valence-electron chi connectivity index (χ1n) is 9.74. The van der Waals surface area contributed by atoms with Crippen LogP contribution in [0.25, 0.3) is 22.1 Å². The highest BCUT2D eigenvalue weighted by molar-refractivity contribution is 5.83. The Labute approximate surface area is 181 Å². The van der Waals surface area contributed by atoms with Gasteiger partial charge < -0.3 is 44.2 Å². The first-order chi connectivity index (χ1) is 15.3. The van der Waals surface area contributed by atoms with Crippen LogP contribution in [0.5, 0.6) is 17.2 Å². The van der Waals surface area contributed by atoms with Gasteiger partial charge in [0.15, 0.2) is 16.9 Å². The Hall–Kier alpha value is -3.15. The number of ether oxygens (including phenoxy) is 3. The van der Waals surface area contributed by atoms with E-state index in [1.165, 1.54) is 43.7 Å². The van der Waals surface area contributed by atoms with Crippen LogP contribution in [0.1, 0.15) is 0 Å². The molecular weight excluding hydrogens is 424 g/mol. The van der Waals surface area contributed by atoms with E-state index in [1.54, 1.807) is 6.07 Å². The van der Waals surface area contributed by atoms with Gasteiger partial charge in [0, 0.05) is 6.07 Å². The van der Waals surface area contributed by atoms with Gasteiger partial charge in [-0.05, 0) is 29.8 Å². The van der Waals surface area contributed by atoms with Crippen molar-refractivity contribution in [2.24, 2.45) is 0 Å². The summed E-state index contributed by atoms with van der Waals surface area (Å²) in [7, 11) is 1.42. The second kappa shape index (κ2) is 8.77. The van der Waals surface area contributed by atoms with Gasteiger partial charge in [-0.15, -0.1) is 0 Å². The van der Waals surface area contributed by atoms with Gasteiger partial charge in [0.2, 0.25) is 6.29 Å². The third-order valence-electron chi connectivity index (χ3n) is 5.34. The molecule has 1 aliphatic heterocycles. The minimum Gasteiger partial charge on any atom is -0.504 e. The number of phenolic OH excluding ortho intramolecular Hbond substituents is 1. The van der Waals surface area contributed by atoms with Gasteiger partial charge in [-0.3, -0.25) is 4.79 Å². The smallest absolute Gasteiger partial charge is 0.229 e. The lowest BCUT2D eigenvalue weighted by atomic mass is 9.99. The predicted molar refractivity (Wildman–Crippen MR) is 111 cm³/mol. The molecular formula is C22H22O10. The molecule has 5 N–H and O–H groups in total. The zero-order valence-corrected chi connectivity index (χ0v) is 16.9. The number of hydrogen-bond donors (Lipinski definition) is 5. The molecule has 4 rings (SSSR count). The Bertz CT molecular complexity index is 1170. The maximum atomic E-state index is 12.9. The van der Waals surface area contributed by atoms with Crippen LogP contribution in [0.3, 0.4) is 0 Å². The average Bonchev–Trinajstić information content (AvgIpc) is 2.79. The van der Waals surface area contributed by atoms with Gasteiger partial charge in [-0.1, -0.05) is 6.07 Å². The highest BCUT2D eigenvalue weighted by atomic mass is 16.7. The minimum absolute atomic E-state index is 0.118. The first-order valence-corrected chi connectivity index (χ1v) is 9.74. The van der Waals surface area contributed by atoms with Crippen molar-refractivity contribution in [2.45, 2.75) is 30.7 Å². The minimum atomic E-state index is -1.58. The topological polar surface area (TPSA) is 159 Å². The number of phenols is 1. The molecule has 2 unspecified atom stereocenters. The summed E-state index contributed by atoms with van der Waals surface area (Å²) in [5, 5.41) is 49.4. The Balaban J connectivity index is 1.62. The van der Waals surface area contributed by atoms with E-state index in [0.29, 0.717) is 5.56 Å². The van der Waals surface area contributed by atoms with E-state index in [1.807, 2.05) is 0 Å². The van der Waals surface area contributed by atoms with Crippen LogP contribution in [0.4, 0.5) is 0 Å². The number of fused-ring (bicyclic) bond motifs is 1. The summed E-state index contributed by atoms with van der Waals surface area (Å²) >= 11 is 0. The standard InChI is InChI=1S/C22H22O10/c1-29-15-5-2-10(6-14(15)24)13-9-30-16-7-11(3-4-12(16)18(13)25)31-22-21(28)20(27)19(26)17(8-23)32-22/h2-7,9,17,19-24,26-28H,8H2,1H3/t17?,19-,20+,21?,22-/m1/s1. The molecule has 32 heavy (non-hydrogen) atoms. The van der Waals surface area contributed by atoms with Crippen molar-refractivity contribution in [3.63, 3.8) is 0 Å². The molecule has 0 bridgehead atoms. The van der Waals surface area contributed by atoms with Gasteiger partial charge in [0.05, 0.1) is 24.7 Å². The van der Waals surface area contributed by atoms with Crippen molar-refractivity contribution >= 4 is 11.0 Å². The molecule has 2 aromatic carbocycles. The molecule has 10 nitrogen and oxygen atoms in total. The number of benzene rings is 2. The second-order valence-electron chi connectivity index (χ2n) is 7.34. The molecule has 5 atom stereocenters. The van der Waals surface area contributed by atoms with Crippen LogP contribution in [0.2, 0.25) is 0 Å². The predicted octanol–water partition coefficient (Wildman–Crippen LogP) is 0.353. The van der Waals surface area contributed by atoms with Gasteiger partial charge in [0.1, 0.15) is 42.0 Å². The molecule has 0 radical (unpaired) electrons. The molecule has 1 fully saturated rings. The largest absolute Gasteiger partial charge is 0.504 e. The Morgan fingerprint density at radius 2 is 1.81 bits per heavy atom. The summed E-state index contributed by atoms with van der Waals surface area (Å²) in [5.74, 6) is 0.321. The molecule has 1 aromatic heterocycles. The fourth-order valence-electron chi connectivity index (χ4n) is 3.54. The van der Waals surface area contributed by atoms with Crippen LogP contribution in [-0.4, -0.2) is 70.0 Å². The second-order valence-corrected chi connectivity index (χ2v) is 7.34. The maximum absolute atomic E-state index is 12.9. The zero-order valence-electron chi connectivity index (χ0n) is 16.9. The molecule has 3 aromatic rings. The van der Waals surface area contributed by atoms with Crippen LogP contribution in [0, 0.1) is 0 Å². The lowest BCUT2D eigenvalue weighted by Gasteiger charge is -2.39. The normalized spacial score (nSPS) is 25.6. The summed E-state index contributed by atoms with van der Waals surface area (Å²) in [6.07, 6.45) is -5.87. The molecule has 0 aliphatic carbocycles. The van der Waals surface area contributed by atoms with Crippen LogP contribution in [-0.2, 0) is 4.74 Å². The van der Waals surface area contributed by atoms with Crippen molar-refractivity contribution in [2.75, 3.05) is 13.7 Å². The summed E-state index contributed by atoms with van der Waals surface area (Å²) in [6, 6.07) is 8.88. The quantitative estimate of drug-likeness (QED) is 0.370. The van der Waals surface area contributed by atoms with Crippen molar-refractivity contribution in [1.82, 2.24) is 0 Å². The monoisotopic (exact) mass is 446 g/mol. The Morgan fingerprint density at radius 1 is 1.03 bits per heavy atom. The van der Waals surface area contributed by atoms with Crippen molar-refractivity contribution in [3.05, 3.63) is 52.9 Å². The molecule has 1 aliphatic rings. The molecule has 10 heteroatoms. The summed E-state index contributed by atoms with van der Waals surface area (Å²) in [6.45, 7) is -0.582. The Morgan fingerprint density at radius 3 is 2.50 bits per heavy atom. The lowest BCUT2D eigenvalue weighted by Crippen LogP contribution is -2.60. The van der Waals surface area contributed by atoms with E-state index in [9.17, 15) is 30.3 Å². The summed E-state index contributed by atoms with van der Waals surface area (Å²) in [4.78, 5) is 12.9. The molecule has 0 amide bonds. The van der Waals surface area contributed by atoms with E-state index >= 15 is 0 Å². The molecule has 0 spiro atoms. The highest BCUT2D eigenvalue weighted by Gasteiger charge is 2.44. The number of aliphatic hydroxyl groups excluding tert-OH is 4. The van der Waals surface area contributed by atoms with Crippen LogP contribution in [0.15, 0.2) is 51.9 Å². The highest BCUT2D eigenvalue weighted by Crippen LogP contribution is 2.32. The number of hydrogen-bond acceptors (Lipinski definition) is 10. The van der Waals surface area contributed by atoms with E-state index in [2.05, 4.69) is 0 Å². The third kappa shape index (κ3) is 3.90. The van der Waals surface area contributed by atoms with Crippen molar-refractivity contribution in [3.8, 4) is 28.4 Å². The zero-order chi connectivity index (χ0) is 23.0.